The summed E-state index contributed by atoms with van der Waals surface area (Å²) in [6.07, 6.45) is -0.181. The molecule has 2 aromatic rings. The van der Waals surface area contributed by atoms with Crippen LogP contribution in [0.4, 0.5) is 0 Å². The first kappa shape index (κ1) is 14.3. The first-order valence-electron chi connectivity index (χ1n) is 5.16. The average Bonchev–Trinajstić information content (AvgIpc) is 2.75. The summed E-state index contributed by atoms with van der Waals surface area (Å²) in [6.45, 7) is 0.402. The summed E-state index contributed by atoms with van der Waals surface area (Å²) in [7, 11) is 0. The number of nitrogens with two attached hydrogens (primary N) is 1. The highest BCUT2D eigenvalue weighted by Crippen LogP contribution is 2.33. The molecule has 0 spiro atoms. The Hall–Kier alpha value is -0.0700. The van der Waals surface area contributed by atoms with Crippen LogP contribution in [0, 0.1) is 0 Å². The van der Waals surface area contributed by atoms with Crippen LogP contribution in [0.3, 0.4) is 0 Å². The molecule has 0 radical (unpaired) electrons. The van der Waals surface area contributed by atoms with Crippen molar-refractivity contribution in [3.05, 3.63) is 48.5 Å². The van der Waals surface area contributed by atoms with Crippen molar-refractivity contribution in [2.75, 3.05) is 6.54 Å². The lowest BCUT2D eigenvalue weighted by Gasteiger charge is -2.17. The first-order chi connectivity index (χ1) is 8.60. The van der Waals surface area contributed by atoms with Crippen LogP contribution in [0.15, 0.2) is 38.6 Å². The number of halogens is 3. The minimum absolute atomic E-state index is 0.181. The third kappa shape index (κ3) is 3.48. The van der Waals surface area contributed by atoms with Gasteiger partial charge in [-0.15, -0.1) is 11.3 Å². The molecule has 0 aliphatic carbocycles. The summed E-state index contributed by atoms with van der Waals surface area (Å²) in [5.41, 5.74) is 5.76. The molecule has 2 rings (SSSR count). The second kappa shape index (κ2) is 6.39. The van der Waals surface area contributed by atoms with E-state index in [9.17, 15) is 0 Å². The lowest BCUT2D eigenvalue weighted by atomic mass is 10.3. The van der Waals surface area contributed by atoms with Crippen molar-refractivity contribution < 1.29 is 4.74 Å². The molecule has 1 unspecified atom stereocenters. The summed E-state index contributed by atoms with van der Waals surface area (Å²) in [5, 5.41) is 2.57. The molecule has 18 heavy (non-hydrogen) atoms. The van der Waals surface area contributed by atoms with Gasteiger partial charge in [0.25, 0.3) is 0 Å². The summed E-state index contributed by atoms with van der Waals surface area (Å²) in [4.78, 5) is 1.07. The van der Waals surface area contributed by atoms with Gasteiger partial charge >= 0.3 is 0 Å². The van der Waals surface area contributed by atoms with Crippen molar-refractivity contribution in [2.45, 2.75) is 6.10 Å². The maximum absolute atomic E-state index is 6.12. The van der Waals surface area contributed by atoms with Crippen molar-refractivity contribution in [1.29, 1.82) is 0 Å². The van der Waals surface area contributed by atoms with Gasteiger partial charge in [0.2, 0.25) is 0 Å². The maximum Gasteiger partial charge on any atom is 0.145 e. The Morgan fingerprint density at radius 1 is 1.28 bits per heavy atom. The highest BCUT2D eigenvalue weighted by molar-refractivity contribution is 9.10. The first-order valence-corrected chi connectivity index (χ1v) is 8.00. The molecule has 1 atom stereocenters. The van der Waals surface area contributed by atoms with Crippen LogP contribution >= 0.6 is 54.8 Å². The van der Waals surface area contributed by atoms with Crippen LogP contribution in [0.25, 0.3) is 0 Å². The van der Waals surface area contributed by atoms with Gasteiger partial charge in [0.1, 0.15) is 11.9 Å². The Bertz CT molecular complexity index is 547. The Balaban J connectivity index is 2.20. The molecule has 2 nitrogen and oxygen atoms in total. The smallest absolute Gasteiger partial charge is 0.145 e. The molecular formula is C12H10Br2ClNOS. The van der Waals surface area contributed by atoms with Gasteiger partial charge in [-0.25, -0.2) is 0 Å². The largest absolute Gasteiger partial charge is 0.482 e. The minimum atomic E-state index is -0.181. The van der Waals surface area contributed by atoms with E-state index in [1.165, 1.54) is 0 Å². The molecule has 0 aliphatic heterocycles. The van der Waals surface area contributed by atoms with E-state index in [1.807, 2.05) is 23.6 Å². The van der Waals surface area contributed by atoms with Gasteiger partial charge in [-0.3, -0.25) is 0 Å². The minimum Gasteiger partial charge on any atom is -0.482 e. The van der Waals surface area contributed by atoms with Gasteiger partial charge in [-0.2, -0.15) is 0 Å². The van der Waals surface area contributed by atoms with Crippen molar-refractivity contribution in [2.24, 2.45) is 5.73 Å². The van der Waals surface area contributed by atoms with Crippen molar-refractivity contribution in [1.82, 2.24) is 0 Å². The number of hydrogen-bond donors (Lipinski definition) is 1. The Morgan fingerprint density at radius 2 is 2.06 bits per heavy atom. The molecule has 1 aromatic heterocycles. The molecule has 0 fully saturated rings. The molecule has 0 saturated heterocycles. The van der Waals surface area contributed by atoms with E-state index in [-0.39, 0.29) is 6.10 Å². The lowest BCUT2D eigenvalue weighted by molar-refractivity contribution is 0.218. The molecule has 0 bridgehead atoms. The van der Waals surface area contributed by atoms with Crippen LogP contribution in [-0.4, -0.2) is 6.54 Å². The van der Waals surface area contributed by atoms with Crippen LogP contribution in [0.5, 0.6) is 5.75 Å². The lowest BCUT2D eigenvalue weighted by Crippen LogP contribution is -2.17. The Labute approximate surface area is 131 Å². The van der Waals surface area contributed by atoms with Gasteiger partial charge in [-0.05, 0) is 40.2 Å². The van der Waals surface area contributed by atoms with Gasteiger partial charge in [0.15, 0.2) is 0 Å². The van der Waals surface area contributed by atoms with Crippen molar-refractivity contribution in [3.8, 4) is 5.75 Å². The summed E-state index contributed by atoms with van der Waals surface area (Å²) < 4.78 is 7.81. The number of benzene rings is 1. The van der Waals surface area contributed by atoms with Crippen molar-refractivity contribution in [3.63, 3.8) is 0 Å². The SMILES string of the molecule is NCC(Oc1ccc(Br)cc1Cl)c1cc(Br)cs1. The highest BCUT2D eigenvalue weighted by Gasteiger charge is 2.15. The topological polar surface area (TPSA) is 35.2 Å². The number of ether oxygens (including phenoxy) is 1. The van der Waals surface area contributed by atoms with Crippen LogP contribution in [0.2, 0.25) is 5.02 Å². The highest BCUT2D eigenvalue weighted by atomic mass is 79.9. The second-order valence-corrected chi connectivity index (χ2v) is 6.77. The standard InChI is InChI=1S/C12H10Br2ClNOS/c13-7-1-2-10(9(15)3-7)17-11(5-16)12-4-8(14)6-18-12/h1-4,6,11H,5,16H2. The number of hydrogen-bond acceptors (Lipinski definition) is 3. The molecule has 2 N–H and O–H groups in total. The van der Waals surface area contributed by atoms with Crippen LogP contribution in [0.1, 0.15) is 11.0 Å². The molecular weight excluding hydrogens is 401 g/mol. The predicted molar refractivity (Wildman–Crippen MR) is 83.6 cm³/mol. The van der Waals surface area contributed by atoms with E-state index in [0.29, 0.717) is 17.3 Å². The average molecular weight is 412 g/mol. The van der Waals surface area contributed by atoms with E-state index in [1.54, 1.807) is 17.4 Å². The molecule has 1 aromatic carbocycles. The molecule has 1 heterocycles. The van der Waals surface area contributed by atoms with Gasteiger partial charge in [-0.1, -0.05) is 27.5 Å². The molecule has 6 heteroatoms. The summed E-state index contributed by atoms with van der Waals surface area (Å²) in [6, 6.07) is 7.53. The number of thiophene rings is 1. The van der Waals surface area contributed by atoms with E-state index in [0.717, 1.165) is 13.8 Å². The van der Waals surface area contributed by atoms with E-state index in [4.69, 9.17) is 22.1 Å². The molecule has 0 amide bonds. The Morgan fingerprint density at radius 3 is 2.61 bits per heavy atom. The molecule has 0 aliphatic rings. The normalized spacial score (nSPS) is 12.4. The monoisotopic (exact) mass is 409 g/mol. The van der Waals surface area contributed by atoms with Gasteiger partial charge < -0.3 is 10.5 Å². The molecule has 0 saturated carbocycles. The fourth-order valence-electron chi connectivity index (χ4n) is 1.44. The fourth-order valence-corrected chi connectivity index (χ4v) is 3.65. The van der Waals surface area contributed by atoms with E-state index >= 15 is 0 Å². The predicted octanol–water partition coefficient (Wildman–Crippen LogP) is 5.01. The number of rotatable bonds is 4. The van der Waals surface area contributed by atoms with E-state index < -0.39 is 0 Å². The molecule has 96 valence electrons. The zero-order valence-electron chi connectivity index (χ0n) is 9.20. The second-order valence-electron chi connectivity index (χ2n) is 3.58. The van der Waals surface area contributed by atoms with Gasteiger partial charge in [0.05, 0.1) is 5.02 Å². The van der Waals surface area contributed by atoms with Crippen LogP contribution in [-0.2, 0) is 0 Å². The Kier molecular flexibility index (Phi) is 5.09. The van der Waals surface area contributed by atoms with Crippen molar-refractivity contribution >= 4 is 54.8 Å². The quantitative estimate of drug-likeness (QED) is 0.768. The van der Waals surface area contributed by atoms with Crippen LogP contribution < -0.4 is 10.5 Å². The summed E-state index contributed by atoms with van der Waals surface area (Å²) >= 11 is 14.5. The maximum atomic E-state index is 6.12. The third-order valence-electron chi connectivity index (χ3n) is 2.28. The summed E-state index contributed by atoms with van der Waals surface area (Å²) in [5.74, 6) is 0.639. The third-order valence-corrected chi connectivity index (χ3v) is 4.86. The van der Waals surface area contributed by atoms with Gasteiger partial charge in [0, 0.05) is 25.7 Å². The van der Waals surface area contributed by atoms with E-state index in [2.05, 4.69) is 31.9 Å². The zero-order valence-corrected chi connectivity index (χ0v) is 13.9. The zero-order chi connectivity index (χ0) is 13.1. The fraction of sp³-hybridized carbons (Fsp3) is 0.167.